The second-order valence-corrected chi connectivity index (χ2v) is 7.85. The third-order valence-electron chi connectivity index (χ3n) is 3.88. The zero-order valence-electron chi connectivity index (χ0n) is 14.8. The first-order chi connectivity index (χ1) is 13.0. The number of methoxy groups -OCH3 is 1. The van der Waals surface area contributed by atoms with E-state index in [4.69, 9.17) is 10.5 Å². The summed E-state index contributed by atoms with van der Waals surface area (Å²) >= 11 is 2.61. The number of thioether (sulfide) groups is 1. The molecule has 2 N–H and O–H groups in total. The summed E-state index contributed by atoms with van der Waals surface area (Å²) in [7, 11) is 1.55. The first kappa shape index (κ1) is 19.1. The van der Waals surface area contributed by atoms with Crippen LogP contribution in [0.5, 0.6) is 5.75 Å². The van der Waals surface area contributed by atoms with Crippen LogP contribution >= 0.6 is 23.1 Å². The number of imide groups is 1. The lowest BCUT2D eigenvalue weighted by Crippen LogP contribution is -2.31. The van der Waals surface area contributed by atoms with E-state index in [-0.39, 0.29) is 23.4 Å². The second-order valence-electron chi connectivity index (χ2n) is 5.68. The molecule has 2 heterocycles. The molecule has 0 spiro atoms. The summed E-state index contributed by atoms with van der Waals surface area (Å²) in [5, 5.41) is 9.56. The molecule has 1 aliphatic heterocycles. The van der Waals surface area contributed by atoms with E-state index in [9.17, 15) is 9.59 Å². The predicted molar refractivity (Wildman–Crippen MR) is 110 cm³/mol. The Kier molecular flexibility index (Phi) is 5.92. The number of amides is 2. The van der Waals surface area contributed by atoms with Crippen LogP contribution < -0.4 is 15.4 Å². The second kappa shape index (κ2) is 8.36. The van der Waals surface area contributed by atoms with E-state index in [1.54, 1.807) is 42.7 Å². The quantitative estimate of drug-likeness (QED) is 0.359. The van der Waals surface area contributed by atoms with Gasteiger partial charge in [0.1, 0.15) is 11.0 Å². The van der Waals surface area contributed by atoms with Gasteiger partial charge in [0.25, 0.3) is 0 Å². The van der Waals surface area contributed by atoms with Gasteiger partial charge in [0, 0.05) is 6.42 Å². The molecule has 1 fully saturated rings. The fourth-order valence-electron chi connectivity index (χ4n) is 2.53. The molecule has 1 aromatic carbocycles. The molecular formula is C18H18N4O3S2. The number of rotatable bonds is 5. The van der Waals surface area contributed by atoms with E-state index in [0.717, 1.165) is 22.4 Å². The zero-order chi connectivity index (χ0) is 19.4. The Bertz CT molecular complexity index is 892. The van der Waals surface area contributed by atoms with Crippen LogP contribution in [0.1, 0.15) is 18.2 Å². The fraction of sp³-hybridized carbons (Fsp3) is 0.222. The van der Waals surface area contributed by atoms with Crippen molar-refractivity contribution in [3.05, 3.63) is 46.7 Å². The number of benzene rings is 1. The van der Waals surface area contributed by atoms with Crippen molar-refractivity contribution in [2.24, 2.45) is 15.9 Å². The number of hydrogen-bond acceptors (Lipinski definition) is 7. The minimum atomic E-state index is -0.611. The number of thiophene rings is 1. The summed E-state index contributed by atoms with van der Waals surface area (Å²) in [5.41, 5.74) is 7.14. The van der Waals surface area contributed by atoms with Crippen LogP contribution in [-0.2, 0) is 9.59 Å². The van der Waals surface area contributed by atoms with Crippen molar-refractivity contribution in [1.29, 1.82) is 0 Å². The van der Waals surface area contributed by atoms with Crippen molar-refractivity contribution in [3.63, 3.8) is 0 Å². The van der Waals surface area contributed by atoms with Crippen molar-refractivity contribution >= 4 is 51.5 Å². The topological polar surface area (TPSA) is 97.3 Å². The van der Waals surface area contributed by atoms with Gasteiger partial charge in [-0.05, 0) is 42.6 Å². The van der Waals surface area contributed by atoms with Gasteiger partial charge in [-0.3, -0.25) is 9.59 Å². The van der Waals surface area contributed by atoms with Gasteiger partial charge in [-0.2, -0.15) is 5.10 Å². The Labute approximate surface area is 164 Å². The Hall–Kier alpha value is -2.65. The van der Waals surface area contributed by atoms with Gasteiger partial charge >= 0.3 is 0 Å². The van der Waals surface area contributed by atoms with E-state index in [1.165, 1.54) is 4.90 Å². The van der Waals surface area contributed by atoms with Crippen molar-refractivity contribution in [3.8, 4) is 5.75 Å². The predicted octanol–water partition coefficient (Wildman–Crippen LogP) is 2.86. The summed E-state index contributed by atoms with van der Waals surface area (Å²) in [5.74, 6) is 0.0696. The van der Waals surface area contributed by atoms with Crippen LogP contribution in [0.25, 0.3) is 0 Å². The Balaban J connectivity index is 1.69. The summed E-state index contributed by atoms with van der Waals surface area (Å²) in [4.78, 5) is 27.1. The highest BCUT2D eigenvalue weighted by Gasteiger charge is 2.40. The lowest BCUT2D eigenvalue weighted by atomic mass is 10.3. The third kappa shape index (κ3) is 4.37. The number of anilines is 1. The highest BCUT2D eigenvalue weighted by Crippen LogP contribution is 2.30. The van der Waals surface area contributed by atoms with E-state index in [0.29, 0.717) is 11.4 Å². The van der Waals surface area contributed by atoms with Gasteiger partial charge in [-0.15, -0.1) is 16.4 Å². The summed E-state index contributed by atoms with van der Waals surface area (Å²) in [6.07, 6.45) is 0.0688. The maximum atomic E-state index is 12.6. The van der Waals surface area contributed by atoms with Crippen LogP contribution in [0.4, 0.5) is 5.69 Å². The van der Waals surface area contributed by atoms with Crippen molar-refractivity contribution in [2.75, 3.05) is 12.0 Å². The van der Waals surface area contributed by atoms with Crippen LogP contribution in [0.3, 0.4) is 0 Å². The van der Waals surface area contributed by atoms with E-state index in [1.807, 2.05) is 24.4 Å². The number of carbonyl (C=O) groups excluding carboxylic acids is 2. The third-order valence-corrected chi connectivity index (χ3v) is 5.83. The Morgan fingerprint density at radius 3 is 2.63 bits per heavy atom. The standard InChI is InChI=1S/C18H18N4O3S2/c1-11(14-4-3-9-26-14)20-21-18(19)27-15-10-16(23)22(17(15)24)12-5-7-13(25-2)8-6-12/h3-9,15H,10H2,1-2H3,(H2,19,21)/t15-/m0/s1. The molecule has 0 unspecified atom stereocenters. The minimum absolute atomic E-state index is 0.0688. The van der Waals surface area contributed by atoms with Crippen LogP contribution in [0, 0.1) is 0 Å². The number of nitrogens with zero attached hydrogens (tertiary/aromatic N) is 3. The zero-order valence-corrected chi connectivity index (χ0v) is 16.4. The maximum Gasteiger partial charge on any atom is 0.247 e. The molecule has 0 bridgehead atoms. The molecule has 0 saturated carbocycles. The molecule has 2 aromatic rings. The molecule has 1 saturated heterocycles. The Morgan fingerprint density at radius 1 is 1.26 bits per heavy atom. The molecule has 7 nitrogen and oxygen atoms in total. The average Bonchev–Trinajstić information content (AvgIpc) is 3.29. The van der Waals surface area contributed by atoms with Crippen molar-refractivity contribution in [2.45, 2.75) is 18.6 Å². The van der Waals surface area contributed by atoms with Gasteiger partial charge in [-0.1, -0.05) is 17.8 Å². The smallest absolute Gasteiger partial charge is 0.247 e. The average molecular weight is 403 g/mol. The molecule has 2 amide bonds. The minimum Gasteiger partial charge on any atom is -0.497 e. The molecule has 1 aromatic heterocycles. The number of carbonyl (C=O) groups is 2. The highest BCUT2D eigenvalue weighted by molar-refractivity contribution is 8.14. The number of hydrogen-bond donors (Lipinski definition) is 1. The lowest BCUT2D eigenvalue weighted by Gasteiger charge is -2.15. The molecule has 0 aliphatic carbocycles. The van der Waals surface area contributed by atoms with E-state index < -0.39 is 5.25 Å². The summed E-state index contributed by atoms with van der Waals surface area (Å²) < 4.78 is 5.10. The van der Waals surface area contributed by atoms with Gasteiger partial charge < -0.3 is 10.5 Å². The molecular weight excluding hydrogens is 384 g/mol. The van der Waals surface area contributed by atoms with Gasteiger partial charge in [-0.25, -0.2) is 4.90 Å². The molecule has 9 heteroatoms. The van der Waals surface area contributed by atoms with E-state index >= 15 is 0 Å². The summed E-state index contributed by atoms with van der Waals surface area (Å²) in [6.45, 7) is 1.84. The lowest BCUT2D eigenvalue weighted by molar-refractivity contribution is -0.121. The maximum absolute atomic E-state index is 12.6. The van der Waals surface area contributed by atoms with Crippen LogP contribution in [0.2, 0.25) is 0 Å². The van der Waals surface area contributed by atoms with Crippen LogP contribution in [0.15, 0.2) is 52.0 Å². The van der Waals surface area contributed by atoms with Crippen molar-refractivity contribution < 1.29 is 14.3 Å². The number of amidine groups is 1. The number of ether oxygens (including phenoxy) is 1. The largest absolute Gasteiger partial charge is 0.497 e. The van der Waals surface area contributed by atoms with Crippen molar-refractivity contribution in [1.82, 2.24) is 0 Å². The van der Waals surface area contributed by atoms with Gasteiger partial charge in [0.05, 0.1) is 23.4 Å². The molecule has 140 valence electrons. The Morgan fingerprint density at radius 2 is 2.00 bits per heavy atom. The van der Waals surface area contributed by atoms with E-state index in [2.05, 4.69) is 10.2 Å². The SMILES string of the molecule is COc1ccc(N2C(=O)C[C@H](SC(N)=NN=C(C)c3cccs3)C2=O)cc1. The van der Waals surface area contributed by atoms with Gasteiger partial charge in [0.15, 0.2) is 5.17 Å². The molecule has 3 rings (SSSR count). The molecule has 27 heavy (non-hydrogen) atoms. The molecule has 1 atom stereocenters. The molecule has 1 aliphatic rings. The normalized spacial score (nSPS) is 18.3. The van der Waals surface area contributed by atoms with Gasteiger partial charge in [0.2, 0.25) is 11.8 Å². The first-order valence-electron chi connectivity index (χ1n) is 8.08. The first-order valence-corrected chi connectivity index (χ1v) is 9.84. The monoisotopic (exact) mass is 402 g/mol. The van der Waals surface area contributed by atoms with Crippen LogP contribution in [-0.4, -0.2) is 35.1 Å². The molecule has 0 radical (unpaired) electrons. The fourth-order valence-corrected chi connectivity index (χ4v) is 4.01. The number of nitrogens with two attached hydrogens (primary N) is 1. The highest BCUT2D eigenvalue weighted by atomic mass is 32.2. The summed E-state index contributed by atoms with van der Waals surface area (Å²) in [6, 6.07) is 10.6.